The van der Waals surface area contributed by atoms with Gasteiger partial charge in [-0.15, -0.1) is 11.3 Å². The molecule has 0 aromatic carbocycles. The minimum absolute atomic E-state index is 0.560. The highest BCUT2D eigenvalue weighted by atomic mass is 32.2. The molecule has 0 spiro atoms. The van der Waals surface area contributed by atoms with Gasteiger partial charge in [0.1, 0.15) is 16.5 Å². The summed E-state index contributed by atoms with van der Waals surface area (Å²) in [5.74, 6) is 1.89. The van der Waals surface area contributed by atoms with Crippen LogP contribution in [0.2, 0.25) is 0 Å². The van der Waals surface area contributed by atoms with Crippen LogP contribution in [0.25, 0.3) is 10.2 Å². The monoisotopic (exact) mass is 345 g/mol. The fourth-order valence-corrected chi connectivity index (χ4v) is 4.17. The standard InChI is InChI=1S/C16H19N5S2/c1-7-9(3)18-16(19-10(7)4)22-6-12-20-14(17)13-8(2)11(5)23-15(13)21-12/h6H2,1-5H3,(H2,17,20,21). The fraction of sp³-hybridized carbons (Fsp3) is 0.375. The summed E-state index contributed by atoms with van der Waals surface area (Å²) in [6, 6.07) is 0. The summed E-state index contributed by atoms with van der Waals surface area (Å²) in [5, 5.41) is 1.74. The lowest BCUT2D eigenvalue weighted by Crippen LogP contribution is -2.01. The molecule has 5 nitrogen and oxygen atoms in total. The van der Waals surface area contributed by atoms with Crippen LogP contribution < -0.4 is 5.73 Å². The Bertz CT molecular complexity index is 878. The van der Waals surface area contributed by atoms with Crippen LogP contribution in [0.5, 0.6) is 0 Å². The highest BCUT2D eigenvalue weighted by molar-refractivity contribution is 7.98. The number of nitrogens with two attached hydrogens (primary N) is 1. The molecule has 0 amide bonds. The van der Waals surface area contributed by atoms with E-state index in [1.807, 2.05) is 20.8 Å². The molecule has 2 N–H and O–H groups in total. The van der Waals surface area contributed by atoms with Crippen LogP contribution in [0.3, 0.4) is 0 Å². The third-order valence-electron chi connectivity index (χ3n) is 4.05. The van der Waals surface area contributed by atoms with E-state index in [1.54, 1.807) is 23.1 Å². The molecule has 3 aromatic heterocycles. The molecule has 23 heavy (non-hydrogen) atoms. The third kappa shape index (κ3) is 3.03. The van der Waals surface area contributed by atoms with E-state index < -0.39 is 0 Å². The fourth-order valence-electron chi connectivity index (χ4n) is 2.33. The Morgan fingerprint density at radius 1 is 0.913 bits per heavy atom. The molecule has 0 aliphatic carbocycles. The van der Waals surface area contributed by atoms with Gasteiger partial charge in [-0.2, -0.15) is 0 Å². The average molecular weight is 345 g/mol. The minimum Gasteiger partial charge on any atom is -0.383 e. The van der Waals surface area contributed by atoms with Gasteiger partial charge in [-0.05, 0) is 45.7 Å². The first-order valence-electron chi connectivity index (χ1n) is 7.33. The minimum atomic E-state index is 0.560. The van der Waals surface area contributed by atoms with Crippen molar-refractivity contribution in [2.45, 2.75) is 45.5 Å². The second-order valence-electron chi connectivity index (χ2n) is 5.58. The van der Waals surface area contributed by atoms with E-state index >= 15 is 0 Å². The van der Waals surface area contributed by atoms with Gasteiger partial charge in [0.05, 0.1) is 11.1 Å². The molecule has 0 radical (unpaired) electrons. The maximum Gasteiger partial charge on any atom is 0.188 e. The number of hydrogen-bond acceptors (Lipinski definition) is 7. The van der Waals surface area contributed by atoms with Crippen molar-refractivity contribution in [1.82, 2.24) is 19.9 Å². The smallest absolute Gasteiger partial charge is 0.188 e. The first-order chi connectivity index (χ1) is 10.9. The van der Waals surface area contributed by atoms with Crippen molar-refractivity contribution in [3.63, 3.8) is 0 Å². The number of fused-ring (bicyclic) bond motifs is 1. The molecule has 7 heteroatoms. The molecule has 0 saturated heterocycles. The van der Waals surface area contributed by atoms with Crippen molar-refractivity contribution < 1.29 is 0 Å². The lowest BCUT2D eigenvalue weighted by atomic mass is 10.2. The van der Waals surface area contributed by atoms with Crippen LogP contribution >= 0.6 is 23.1 Å². The van der Waals surface area contributed by atoms with Gasteiger partial charge in [0.15, 0.2) is 5.16 Å². The summed E-state index contributed by atoms with van der Waals surface area (Å²) in [5.41, 5.74) is 10.5. The lowest BCUT2D eigenvalue weighted by molar-refractivity contribution is 0.879. The van der Waals surface area contributed by atoms with Crippen molar-refractivity contribution in [2.75, 3.05) is 5.73 Å². The molecule has 0 aliphatic heterocycles. The van der Waals surface area contributed by atoms with Crippen LogP contribution in [0.15, 0.2) is 5.16 Å². The molecular formula is C16H19N5S2. The van der Waals surface area contributed by atoms with E-state index in [0.29, 0.717) is 11.6 Å². The Morgan fingerprint density at radius 2 is 1.57 bits per heavy atom. The Balaban J connectivity index is 1.88. The second-order valence-corrected chi connectivity index (χ2v) is 7.72. The van der Waals surface area contributed by atoms with Gasteiger partial charge in [0.2, 0.25) is 0 Å². The van der Waals surface area contributed by atoms with Gasteiger partial charge in [-0.3, -0.25) is 0 Å². The van der Waals surface area contributed by atoms with Crippen LogP contribution in [-0.4, -0.2) is 19.9 Å². The zero-order chi connectivity index (χ0) is 16.7. The summed E-state index contributed by atoms with van der Waals surface area (Å²) < 4.78 is 0. The Kier molecular flexibility index (Phi) is 4.25. The molecule has 3 rings (SSSR count). The topological polar surface area (TPSA) is 77.6 Å². The van der Waals surface area contributed by atoms with Gasteiger partial charge in [-0.25, -0.2) is 19.9 Å². The number of aromatic nitrogens is 4. The predicted octanol–water partition coefficient (Wildman–Crippen LogP) is 3.90. The molecule has 0 atom stereocenters. The van der Waals surface area contributed by atoms with E-state index in [0.717, 1.165) is 38.1 Å². The van der Waals surface area contributed by atoms with Gasteiger partial charge < -0.3 is 5.73 Å². The Hall–Kier alpha value is -1.73. The molecule has 0 fully saturated rings. The van der Waals surface area contributed by atoms with E-state index in [2.05, 4.69) is 33.8 Å². The number of hydrogen-bond donors (Lipinski definition) is 1. The summed E-state index contributed by atoms with van der Waals surface area (Å²) in [6.45, 7) is 10.2. The number of aryl methyl sites for hydroxylation is 4. The summed E-state index contributed by atoms with van der Waals surface area (Å²) in [6.07, 6.45) is 0. The highest BCUT2D eigenvalue weighted by Gasteiger charge is 2.13. The van der Waals surface area contributed by atoms with Gasteiger partial charge in [0.25, 0.3) is 0 Å². The van der Waals surface area contributed by atoms with Crippen molar-refractivity contribution in [1.29, 1.82) is 0 Å². The SMILES string of the molecule is Cc1nc(SCc2nc(N)c3c(C)c(C)sc3n2)nc(C)c1C. The number of thiophene rings is 1. The normalized spacial score (nSPS) is 11.3. The number of nitrogen functional groups attached to an aromatic ring is 1. The van der Waals surface area contributed by atoms with E-state index in [-0.39, 0.29) is 0 Å². The average Bonchev–Trinajstić information content (AvgIpc) is 2.77. The maximum atomic E-state index is 6.12. The van der Waals surface area contributed by atoms with Gasteiger partial charge in [-0.1, -0.05) is 11.8 Å². The first-order valence-corrected chi connectivity index (χ1v) is 9.13. The number of nitrogens with zero attached hydrogens (tertiary/aromatic N) is 4. The van der Waals surface area contributed by atoms with Crippen molar-refractivity contribution in [3.05, 3.63) is 33.2 Å². The van der Waals surface area contributed by atoms with E-state index in [9.17, 15) is 0 Å². The summed E-state index contributed by atoms with van der Waals surface area (Å²) in [7, 11) is 0. The largest absolute Gasteiger partial charge is 0.383 e. The Morgan fingerprint density at radius 3 is 2.22 bits per heavy atom. The van der Waals surface area contributed by atoms with Crippen LogP contribution in [-0.2, 0) is 5.75 Å². The lowest BCUT2D eigenvalue weighted by Gasteiger charge is -2.07. The number of rotatable bonds is 3. The second kappa shape index (κ2) is 6.05. The maximum absolute atomic E-state index is 6.12. The molecule has 3 heterocycles. The zero-order valence-corrected chi connectivity index (χ0v) is 15.5. The third-order valence-corrected chi connectivity index (χ3v) is 5.99. The van der Waals surface area contributed by atoms with Crippen LogP contribution in [0.1, 0.15) is 33.2 Å². The van der Waals surface area contributed by atoms with Crippen LogP contribution in [0, 0.1) is 34.6 Å². The number of thioether (sulfide) groups is 1. The quantitative estimate of drug-likeness (QED) is 0.573. The molecule has 120 valence electrons. The van der Waals surface area contributed by atoms with Gasteiger partial charge >= 0.3 is 0 Å². The molecule has 0 bridgehead atoms. The Labute approximate surface area is 143 Å². The van der Waals surface area contributed by atoms with Crippen molar-refractivity contribution in [3.8, 4) is 0 Å². The molecule has 0 saturated carbocycles. The molecule has 0 unspecified atom stereocenters. The summed E-state index contributed by atoms with van der Waals surface area (Å²) in [4.78, 5) is 20.3. The van der Waals surface area contributed by atoms with Crippen LogP contribution in [0.4, 0.5) is 5.82 Å². The highest BCUT2D eigenvalue weighted by Crippen LogP contribution is 2.32. The van der Waals surface area contributed by atoms with Gasteiger partial charge in [0, 0.05) is 16.3 Å². The van der Waals surface area contributed by atoms with Crippen molar-refractivity contribution >= 4 is 39.1 Å². The number of anilines is 1. The predicted molar refractivity (Wildman–Crippen MR) is 97.1 cm³/mol. The summed E-state index contributed by atoms with van der Waals surface area (Å²) >= 11 is 3.20. The van der Waals surface area contributed by atoms with Crippen molar-refractivity contribution in [2.24, 2.45) is 0 Å². The molecule has 0 aliphatic rings. The molecule has 3 aromatic rings. The first kappa shape index (κ1) is 16.1. The molecular weight excluding hydrogens is 326 g/mol. The van der Waals surface area contributed by atoms with E-state index in [4.69, 9.17) is 5.73 Å². The van der Waals surface area contributed by atoms with E-state index in [1.165, 1.54) is 10.4 Å². The zero-order valence-electron chi connectivity index (χ0n) is 13.9.